The molecule has 0 bridgehead atoms. The van der Waals surface area contributed by atoms with E-state index in [-0.39, 0.29) is 17.3 Å². The topological polar surface area (TPSA) is 102 Å². The zero-order valence-corrected chi connectivity index (χ0v) is 14.6. The Morgan fingerprint density at radius 3 is 2.52 bits per heavy atom. The summed E-state index contributed by atoms with van der Waals surface area (Å²) >= 11 is 0. The van der Waals surface area contributed by atoms with E-state index in [0.717, 1.165) is 0 Å². The second kappa shape index (κ2) is 7.34. The molecule has 3 rings (SSSR count). The molecule has 0 radical (unpaired) electrons. The third kappa shape index (κ3) is 4.06. The van der Waals surface area contributed by atoms with E-state index in [1.165, 1.54) is 28.6 Å². The molecular formula is C16H19N3O5S. The highest BCUT2D eigenvalue weighted by atomic mass is 32.2. The molecule has 2 aromatic rings. The molecular weight excluding hydrogens is 346 g/mol. The highest BCUT2D eigenvalue weighted by Crippen LogP contribution is 2.17. The van der Waals surface area contributed by atoms with Gasteiger partial charge in [-0.05, 0) is 31.2 Å². The van der Waals surface area contributed by atoms with Crippen molar-refractivity contribution >= 4 is 15.9 Å². The SMILES string of the molecule is Cc1cc(CNC(=O)c2ccc(S(=O)(=O)N3CCOCC3)cc2)no1. The number of nitrogens with zero attached hydrogens (tertiary/aromatic N) is 2. The normalized spacial score (nSPS) is 15.9. The van der Waals surface area contributed by atoms with Crippen LogP contribution in [-0.2, 0) is 21.3 Å². The zero-order chi connectivity index (χ0) is 17.9. The second-order valence-corrected chi connectivity index (χ2v) is 7.59. The van der Waals surface area contributed by atoms with Crippen LogP contribution in [-0.4, -0.2) is 50.1 Å². The van der Waals surface area contributed by atoms with Crippen molar-refractivity contribution in [2.45, 2.75) is 18.4 Å². The smallest absolute Gasteiger partial charge is 0.251 e. The lowest BCUT2D eigenvalue weighted by Gasteiger charge is -2.26. The molecule has 2 heterocycles. The molecule has 9 heteroatoms. The van der Waals surface area contributed by atoms with Gasteiger partial charge in [-0.25, -0.2) is 8.42 Å². The van der Waals surface area contributed by atoms with Crippen LogP contribution in [0.3, 0.4) is 0 Å². The summed E-state index contributed by atoms with van der Waals surface area (Å²) in [7, 11) is -3.56. The molecule has 8 nitrogen and oxygen atoms in total. The number of carbonyl (C=O) groups is 1. The van der Waals surface area contributed by atoms with Crippen molar-refractivity contribution < 1.29 is 22.5 Å². The van der Waals surface area contributed by atoms with Crippen LogP contribution in [0.25, 0.3) is 0 Å². The van der Waals surface area contributed by atoms with Gasteiger partial charge in [-0.3, -0.25) is 4.79 Å². The van der Waals surface area contributed by atoms with E-state index < -0.39 is 10.0 Å². The minimum Gasteiger partial charge on any atom is -0.379 e. The summed E-state index contributed by atoms with van der Waals surface area (Å²) < 4.78 is 36.6. The van der Waals surface area contributed by atoms with E-state index in [1.54, 1.807) is 13.0 Å². The molecule has 134 valence electrons. The van der Waals surface area contributed by atoms with Gasteiger partial charge in [0.1, 0.15) is 11.5 Å². The number of ether oxygens (including phenoxy) is 1. The van der Waals surface area contributed by atoms with E-state index in [2.05, 4.69) is 10.5 Å². The Hall–Kier alpha value is -2.23. The molecule has 0 spiro atoms. The van der Waals surface area contributed by atoms with Crippen molar-refractivity contribution in [3.05, 3.63) is 47.3 Å². The van der Waals surface area contributed by atoms with Crippen LogP contribution in [0.15, 0.2) is 39.8 Å². The minimum absolute atomic E-state index is 0.165. The molecule has 1 aromatic heterocycles. The lowest BCUT2D eigenvalue weighted by molar-refractivity contribution is 0.0730. The second-order valence-electron chi connectivity index (χ2n) is 5.65. The van der Waals surface area contributed by atoms with Gasteiger partial charge in [0.25, 0.3) is 5.91 Å². The van der Waals surface area contributed by atoms with Gasteiger partial charge in [0.2, 0.25) is 10.0 Å². The molecule has 0 aliphatic carbocycles. The molecule has 1 N–H and O–H groups in total. The zero-order valence-electron chi connectivity index (χ0n) is 13.8. The van der Waals surface area contributed by atoms with E-state index in [0.29, 0.717) is 43.3 Å². The van der Waals surface area contributed by atoms with Gasteiger partial charge in [0.05, 0.1) is 24.7 Å². The van der Waals surface area contributed by atoms with Gasteiger partial charge in [0.15, 0.2) is 0 Å². The highest BCUT2D eigenvalue weighted by molar-refractivity contribution is 7.89. The number of hydrogen-bond donors (Lipinski definition) is 1. The van der Waals surface area contributed by atoms with E-state index in [9.17, 15) is 13.2 Å². The van der Waals surface area contributed by atoms with Gasteiger partial charge in [-0.1, -0.05) is 5.16 Å². The molecule has 1 aliphatic heterocycles. The van der Waals surface area contributed by atoms with Gasteiger partial charge < -0.3 is 14.6 Å². The van der Waals surface area contributed by atoms with Crippen LogP contribution >= 0.6 is 0 Å². The van der Waals surface area contributed by atoms with Crippen LogP contribution in [0.4, 0.5) is 0 Å². The van der Waals surface area contributed by atoms with Crippen molar-refractivity contribution in [1.82, 2.24) is 14.8 Å². The van der Waals surface area contributed by atoms with Gasteiger partial charge >= 0.3 is 0 Å². The van der Waals surface area contributed by atoms with Gasteiger partial charge in [-0.15, -0.1) is 0 Å². The number of amides is 1. The van der Waals surface area contributed by atoms with Gasteiger partial charge in [0, 0.05) is 24.7 Å². The fourth-order valence-corrected chi connectivity index (χ4v) is 3.90. The number of nitrogens with one attached hydrogen (secondary N) is 1. The average Bonchev–Trinajstić information content (AvgIpc) is 3.06. The fourth-order valence-electron chi connectivity index (χ4n) is 2.49. The third-order valence-electron chi connectivity index (χ3n) is 3.83. The molecule has 1 saturated heterocycles. The first-order valence-corrected chi connectivity index (χ1v) is 9.29. The third-order valence-corrected chi connectivity index (χ3v) is 5.74. The van der Waals surface area contributed by atoms with Crippen molar-refractivity contribution in [2.75, 3.05) is 26.3 Å². The number of morpholine rings is 1. The van der Waals surface area contributed by atoms with Crippen LogP contribution in [0.5, 0.6) is 0 Å². The van der Waals surface area contributed by atoms with Crippen molar-refractivity contribution in [3.63, 3.8) is 0 Å². The Kier molecular flexibility index (Phi) is 5.16. The van der Waals surface area contributed by atoms with Crippen molar-refractivity contribution in [1.29, 1.82) is 0 Å². The van der Waals surface area contributed by atoms with E-state index >= 15 is 0 Å². The van der Waals surface area contributed by atoms with Crippen LogP contribution in [0, 0.1) is 6.92 Å². The Labute approximate surface area is 145 Å². The van der Waals surface area contributed by atoms with E-state index in [1.807, 2.05) is 0 Å². The predicted octanol–water partition coefficient (Wildman–Crippen LogP) is 0.934. The predicted molar refractivity (Wildman–Crippen MR) is 88.4 cm³/mol. The van der Waals surface area contributed by atoms with Crippen molar-refractivity contribution in [3.8, 4) is 0 Å². The lowest BCUT2D eigenvalue weighted by Crippen LogP contribution is -2.40. The number of aryl methyl sites for hydroxylation is 1. The quantitative estimate of drug-likeness (QED) is 0.846. The van der Waals surface area contributed by atoms with Crippen LogP contribution in [0.1, 0.15) is 21.8 Å². The van der Waals surface area contributed by atoms with Crippen LogP contribution in [0.2, 0.25) is 0 Å². The maximum atomic E-state index is 12.5. The molecule has 0 atom stereocenters. The molecule has 25 heavy (non-hydrogen) atoms. The molecule has 0 saturated carbocycles. The maximum Gasteiger partial charge on any atom is 0.251 e. The summed E-state index contributed by atoms with van der Waals surface area (Å²) in [5.74, 6) is 0.359. The van der Waals surface area contributed by atoms with Gasteiger partial charge in [-0.2, -0.15) is 4.31 Å². The van der Waals surface area contributed by atoms with Crippen LogP contribution < -0.4 is 5.32 Å². The highest BCUT2D eigenvalue weighted by Gasteiger charge is 2.26. The largest absolute Gasteiger partial charge is 0.379 e. The number of hydrogen-bond acceptors (Lipinski definition) is 6. The summed E-state index contributed by atoms with van der Waals surface area (Å²) in [6.45, 7) is 3.46. The number of benzene rings is 1. The summed E-state index contributed by atoms with van der Waals surface area (Å²) in [6, 6.07) is 7.62. The fraction of sp³-hybridized carbons (Fsp3) is 0.375. The first-order valence-electron chi connectivity index (χ1n) is 7.85. The Morgan fingerprint density at radius 2 is 1.92 bits per heavy atom. The summed E-state index contributed by atoms with van der Waals surface area (Å²) in [5, 5.41) is 6.51. The molecule has 1 aromatic carbocycles. The average molecular weight is 365 g/mol. The minimum atomic E-state index is -3.56. The molecule has 1 amide bonds. The number of carbonyl (C=O) groups excluding carboxylic acids is 1. The molecule has 0 unspecified atom stereocenters. The summed E-state index contributed by atoms with van der Waals surface area (Å²) in [4.78, 5) is 12.3. The Balaban J connectivity index is 1.65. The number of sulfonamides is 1. The first-order chi connectivity index (χ1) is 12.0. The maximum absolute atomic E-state index is 12.5. The molecule has 1 aliphatic rings. The van der Waals surface area contributed by atoms with Crippen molar-refractivity contribution in [2.24, 2.45) is 0 Å². The molecule has 1 fully saturated rings. The Morgan fingerprint density at radius 1 is 1.24 bits per heavy atom. The number of rotatable bonds is 5. The monoisotopic (exact) mass is 365 g/mol. The first kappa shape index (κ1) is 17.6. The Bertz CT molecular complexity index is 839. The lowest BCUT2D eigenvalue weighted by atomic mass is 10.2. The number of aromatic nitrogens is 1. The summed E-state index contributed by atoms with van der Waals surface area (Å²) in [5.41, 5.74) is 0.999. The summed E-state index contributed by atoms with van der Waals surface area (Å²) in [6.07, 6.45) is 0. The van der Waals surface area contributed by atoms with E-state index in [4.69, 9.17) is 9.26 Å². The standard InChI is InChI=1S/C16H19N3O5S/c1-12-10-14(18-24-12)11-17-16(20)13-2-4-15(5-3-13)25(21,22)19-6-8-23-9-7-19/h2-5,10H,6-9,11H2,1H3,(H,17,20).